The standard InChI is InChI=1S/C17H18IN5O4/c18-10-3-1-2-9(4-10)5-19-15-12-16(21-7-20-15)23(8-22-12)17-14(26)13(25)11(6-24)27-17/h1-4,7-8,11,13-14,17,24-26H,5-6H2,(H,19,20,21)/t11-,13-,14-,17-/m1/s1/i6D/t6?,11-,13-,14-,17-. The molecule has 0 saturated carbocycles. The van der Waals surface area contributed by atoms with Gasteiger partial charge in [-0.15, -0.1) is 0 Å². The van der Waals surface area contributed by atoms with Crippen molar-refractivity contribution in [3.63, 3.8) is 0 Å². The van der Waals surface area contributed by atoms with Gasteiger partial charge in [0.05, 0.1) is 14.3 Å². The Kier molecular flexibility index (Phi) is 4.88. The predicted octanol–water partition coefficient (Wildman–Crippen LogP) is 0.654. The van der Waals surface area contributed by atoms with E-state index in [2.05, 4.69) is 48.9 Å². The molecule has 1 fully saturated rings. The van der Waals surface area contributed by atoms with Crippen LogP contribution in [-0.4, -0.2) is 59.7 Å². The zero-order valence-electron chi connectivity index (χ0n) is 15.0. The highest BCUT2D eigenvalue weighted by atomic mass is 127. The van der Waals surface area contributed by atoms with E-state index in [1.165, 1.54) is 17.2 Å². The molecular weight excluding hydrogens is 465 g/mol. The van der Waals surface area contributed by atoms with E-state index in [9.17, 15) is 15.3 Å². The van der Waals surface area contributed by atoms with Gasteiger partial charge in [-0.2, -0.15) is 0 Å². The summed E-state index contributed by atoms with van der Waals surface area (Å²) in [4.78, 5) is 12.8. The molecule has 1 aliphatic rings. The molecule has 1 aliphatic heterocycles. The van der Waals surface area contributed by atoms with Crippen molar-refractivity contribution in [1.29, 1.82) is 0 Å². The Bertz CT molecular complexity index is 987. The summed E-state index contributed by atoms with van der Waals surface area (Å²) in [5.74, 6) is 0.521. The van der Waals surface area contributed by atoms with E-state index in [1.807, 2.05) is 18.2 Å². The number of hydrogen-bond acceptors (Lipinski definition) is 8. The van der Waals surface area contributed by atoms with Crippen molar-refractivity contribution < 1.29 is 21.4 Å². The molecule has 0 radical (unpaired) electrons. The van der Waals surface area contributed by atoms with Gasteiger partial charge in [0.1, 0.15) is 24.6 Å². The Balaban J connectivity index is 1.60. The number of anilines is 1. The number of ether oxygens (including phenoxy) is 1. The van der Waals surface area contributed by atoms with Crippen LogP contribution in [0.3, 0.4) is 0 Å². The molecule has 4 N–H and O–H groups in total. The van der Waals surface area contributed by atoms with Crippen LogP contribution in [0.2, 0.25) is 0 Å². The second kappa shape index (κ2) is 7.64. The van der Waals surface area contributed by atoms with Crippen LogP contribution in [0, 0.1) is 3.57 Å². The highest BCUT2D eigenvalue weighted by molar-refractivity contribution is 14.1. The summed E-state index contributed by atoms with van der Waals surface area (Å²) in [6.07, 6.45) is -2.18. The molecular formula is C17H18IN5O4. The van der Waals surface area contributed by atoms with Crippen LogP contribution >= 0.6 is 22.6 Å². The van der Waals surface area contributed by atoms with Crippen LogP contribution in [-0.2, 0) is 11.3 Å². The molecule has 27 heavy (non-hydrogen) atoms. The Morgan fingerprint density at radius 2 is 2.11 bits per heavy atom. The van der Waals surface area contributed by atoms with E-state index in [-0.39, 0.29) is 0 Å². The van der Waals surface area contributed by atoms with Crippen molar-refractivity contribution in [3.8, 4) is 0 Å². The van der Waals surface area contributed by atoms with Crippen LogP contribution in [0.4, 0.5) is 5.82 Å². The minimum atomic E-state index is -1.68. The van der Waals surface area contributed by atoms with E-state index < -0.39 is 31.1 Å². The maximum Gasteiger partial charge on any atom is 0.167 e. The third-order valence-corrected chi connectivity index (χ3v) is 5.08. The summed E-state index contributed by atoms with van der Waals surface area (Å²) >= 11 is 2.25. The van der Waals surface area contributed by atoms with Crippen molar-refractivity contribution in [2.75, 3.05) is 11.9 Å². The number of benzene rings is 1. The number of fused-ring (bicyclic) bond motifs is 1. The topological polar surface area (TPSA) is 126 Å². The number of hydrogen-bond donors (Lipinski definition) is 4. The van der Waals surface area contributed by atoms with E-state index in [1.54, 1.807) is 0 Å². The minimum Gasteiger partial charge on any atom is -0.394 e. The van der Waals surface area contributed by atoms with Crippen LogP contribution in [0.5, 0.6) is 0 Å². The number of aromatic nitrogens is 4. The monoisotopic (exact) mass is 484 g/mol. The van der Waals surface area contributed by atoms with Crippen LogP contribution in [0.15, 0.2) is 36.9 Å². The predicted molar refractivity (Wildman–Crippen MR) is 105 cm³/mol. The van der Waals surface area contributed by atoms with E-state index >= 15 is 0 Å². The third kappa shape index (κ3) is 3.50. The van der Waals surface area contributed by atoms with E-state index in [4.69, 9.17) is 6.11 Å². The summed E-state index contributed by atoms with van der Waals surface area (Å²) in [5.41, 5.74) is 1.97. The second-order valence-corrected chi connectivity index (χ2v) is 7.40. The molecule has 1 unspecified atom stereocenters. The molecule has 0 spiro atoms. The molecule has 2 aromatic heterocycles. The summed E-state index contributed by atoms with van der Waals surface area (Å²) in [5, 5.41) is 32.9. The van der Waals surface area contributed by atoms with Gasteiger partial charge >= 0.3 is 0 Å². The Hall–Kier alpha value is -1.86. The molecule has 0 aliphatic carbocycles. The molecule has 1 aromatic carbocycles. The number of aliphatic hydroxyl groups is 3. The minimum absolute atomic E-state index is 0.400. The van der Waals surface area contributed by atoms with E-state index in [0.29, 0.717) is 23.5 Å². The fourth-order valence-corrected chi connectivity index (χ4v) is 3.65. The van der Waals surface area contributed by atoms with Crippen molar-refractivity contribution in [2.24, 2.45) is 0 Å². The summed E-state index contributed by atoms with van der Waals surface area (Å²) in [6, 6.07) is 8.05. The van der Waals surface area contributed by atoms with Gasteiger partial charge in [0.2, 0.25) is 0 Å². The highest BCUT2D eigenvalue weighted by Crippen LogP contribution is 2.32. The molecule has 3 heterocycles. The smallest absolute Gasteiger partial charge is 0.167 e. The van der Waals surface area contributed by atoms with Crippen LogP contribution in [0.25, 0.3) is 11.2 Å². The van der Waals surface area contributed by atoms with E-state index in [0.717, 1.165) is 9.13 Å². The fraction of sp³-hybridized carbons (Fsp3) is 0.353. The molecule has 142 valence electrons. The molecule has 4 rings (SSSR count). The SMILES string of the molecule is [2H]C(O)[C@H]1O[C@@H](n2cnc3c(NCc4cccc(I)c4)ncnc32)[C@H](O)[C@@H]1O. The Morgan fingerprint density at radius 1 is 1.26 bits per heavy atom. The van der Waals surface area contributed by atoms with Gasteiger partial charge in [-0.05, 0) is 40.3 Å². The molecule has 9 nitrogen and oxygen atoms in total. The maximum absolute atomic E-state index is 10.3. The lowest BCUT2D eigenvalue weighted by Crippen LogP contribution is -2.33. The summed E-state index contributed by atoms with van der Waals surface area (Å²) in [6.45, 7) is -1.13. The van der Waals surface area contributed by atoms with Gasteiger partial charge in [0.15, 0.2) is 23.2 Å². The normalized spacial score (nSPS) is 26.9. The lowest BCUT2D eigenvalue weighted by Gasteiger charge is -2.16. The Morgan fingerprint density at radius 3 is 2.85 bits per heavy atom. The molecule has 3 aromatic rings. The first-order valence-electron chi connectivity index (χ1n) is 8.81. The van der Waals surface area contributed by atoms with Gasteiger partial charge in [-0.1, -0.05) is 12.1 Å². The molecule has 0 bridgehead atoms. The first kappa shape index (κ1) is 17.3. The third-order valence-electron chi connectivity index (χ3n) is 4.40. The second-order valence-electron chi connectivity index (χ2n) is 6.15. The number of rotatable bonds is 5. The summed E-state index contributed by atoms with van der Waals surface area (Å²) in [7, 11) is 0. The number of aliphatic hydroxyl groups excluding tert-OH is 3. The highest BCUT2D eigenvalue weighted by Gasteiger charge is 2.44. The number of halogens is 1. The molecule has 1 saturated heterocycles. The van der Waals surface area contributed by atoms with Gasteiger partial charge in [0, 0.05) is 10.1 Å². The van der Waals surface area contributed by atoms with Gasteiger partial charge in [0.25, 0.3) is 0 Å². The van der Waals surface area contributed by atoms with Crippen molar-refractivity contribution in [3.05, 3.63) is 46.1 Å². The summed E-state index contributed by atoms with van der Waals surface area (Å²) < 4.78 is 15.4. The fourth-order valence-electron chi connectivity index (χ4n) is 3.04. The molecule has 5 atom stereocenters. The first-order chi connectivity index (χ1) is 13.5. The van der Waals surface area contributed by atoms with Gasteiger partial charge < -0.3 is 25.4 Å². The molecule has 10 heteroatoms. The first-order valence-corrected chi connectivity index (χ1v) is 9.31. The zero-order chi connectivity index (χ0) is 19.8. The van der Waals surface area contributed by atoms with Crippen LogP contribution in [0.1, 0.15) is 13.2 Å². The average Bonchev–Trinajstić information content (AvgIpc) is 3.22. The Labute approximate surface area is 169 Å². The lowest BCUT2D eigenvalue weighted by atomic mass is 10.1. The average molecular weight is 484 g/mol. The largest absolute Gasteiger partial charge is 0.394 e. The van der Waals surface area contributed by atoms with Gasteiger partial charge in [-0.25, -0.2) is 15.0 Å². The number of nitrogens with zero attached hydrogens (tertiary/aromatic N) is 4. The number of nitrogens with one attached hydrogen (secondary N) is 1. The van der Waals surface area contributed by atoms with Crippen LogP contribution < -0.4 is 5.32 Å². The van der Waals surface area contributed by atoms with Gasteiger partial charge in [-0.3, -0.25) is 4.57 Å². The van der Waals surface area contributed by atoms with Crippen molar-refractivity contribution >= 4 is 39.6 Å². The zero-order valence-corrected chi connectivity index (χ0v) is 16.1. The number of imidazole rings is 1. The van der Waals surface area contributed by atoms with Crippen molar-refractivity contribution in [2.45, 2.75) is 31.1 Å². The lowest BCUT2D eigenvalue weighted by molar-refractivity contribution is -0.0511. The molecule has 0 amide bonds. The maximum atomic E-state index is 10.3. The van der Waals surface area contributed by atoms with Crippen molar-refractivity contribution in [1.82, 2.24) is 19.5 Å². The quantitative estimate of drug-likeness (QED) is 0.390.